The minimum Gasteiger partial charge on any atom is -0.458 e. The molecular formula is C14H20O3. The summed E-state index contributed by atoms with van der Waals surface area (Å²) in [5.74, 6) is -0.166. The maximum Gasteiger partial charge on any atom is 0.306 e. The predicted octanol–water partition coefficient (Wildman–Crippen LogP) is 3.11. The van der Waals surface area contributed by atoms with Gasteiger partial charge in [-0.05, 0) is 25.8 Å². The van der Waals surface area contributed by atoms with Crippen molar-refractivity contribution in [2.75, 3.05) is 13.2 Å². The Balaban J connectivity index is 2.26. The van der Waals surface area contributed by atoms with Gasteiger partial charge in [0.25, 0.3) is 0 Å². The van der Waals surface area contributed by atoms with E-state index in [1.54, 1.807) is 0 Å². The van der Waals surface area contributed by atoms with Crippen molar-refractivity contribution >= 4 is 5.97 Å². The van der Waals surface area contributed by atoms with Crippen molar-refractivity contribution in [3.05, 3.63) is 35.9 Å². The van der Waals surface area contributed by atoms with Crippen LogP contribution in [0.3, 0.4) is 0 Å². The lowest BCUT2D eigenvalue weighted by molar-refractivity contribution is -0.149. The topological polar surface area (TPSA) is 35.5 Å². The highest BCUT2D eigenvalue weighted by molar-refractivity contribution is 5.69. The molecule has 3 heteroatoms. The molecule has 0 fully saturated rings. The van der Waals surface area contributed by atoms with E-state index in [0.717, 1.165) is 5.56 Å². The molecule has 0 bridgehead atoms. The summed E-state index contributed by atoms with van der Waals surface area (Å²) >= 11 is 0. The van der Waals surface area contributed by atoms with Crippen LogP contribution in [-0.2, 0) is 14.3 Å². The van der Waals surface area contributed by atoms with Gasteiger partial charge in [-0.1, -0.05) is 30.3 Å². The largest absolute Gasteiger partial charge is 0.458 e. The smallest absolute Gasteiger partial charge is 0.306 e. The monoisotopic (exact) mass is 236 g/mol. The second-order valence-electron chi connectivity index (χ2n) is 3.84. The second-order valence-corrected chi connectivity index (χ2v) is 3.84. The average Bonchev–Trinajstić information content (AvgIpc) is 2.36. The van der Waals surface area contributed by atoms with Gasteiger partial charge < -0.3 is 9.47 Å². The zero-order valence-corrected chi connectivity index (χ0v) is 10.5. The van der Waals surface area contributed by atoms with Crippen molar-refractivity contribution in [2.24, 2.45) is 0 Å². The Hall–Kier alpha value is -1.35. The lowest BCUT2D eigenvalue weighted by Gasteiger charge is -2.13. The SMILES string of the molecule is CCOCCCC(=O)OC(C)c1ccccc1. The number of carbonyl (C=O) groups excluding carboxylic acids is 1. The van der Waals surface area contributed by atoms with Crippen LogP contribution in [0, 0.1) is 0 Å². The number of hydrogen-bond acceptors (Lipinski definition) is 3. The normalized spacial score (nSPS) is 12.1. The van der Waals surface area contributed by atoms with Gasteiger partial charge in [0.1, 0.15) is 6.10 Å². The van der Waals surface area contributed by atoms with Gasteiger partial charge in [0.05, 0.1) is 0 Å². The number of esters is 1. The van der Waals surface area contributed by atoms with Crippen LogP contribution < -0.4 is 0 Å². The molecule has 17 heavy (non-hydrogen) atoms. The summed E-state index contributed by atoms with van der Waals surface area (Å²) in [5.41, 5.74) is 1.02. The zero-order valence-electron chi connectivity index (χ0n) is 10.5. The molecule has 1 aromatic carbocycles. The summed E-state index contributed by atoms with van der Waals surface area (Å²) in [6.45, 7) is 5.13. The standard InChI is InChI=1S/C14H20O3/c1-3-16-11-7-10-14(15)17-12(2)13-8-5-4-6-9-13/h4-6,8-9,12H,3,7,10-11H2,1-2H3. The lowest BCUT2D eigenvalue weighted by Crippen LogP contribution is -2.09. The highest BCUT2D eigenvalue weighted by Crippen LogP contribution is 2.16. The van der Waals surface area contributed by atoms with E-state index in [2.05, 4.69) is 0 Å². The van der Waals surface area contributed by atoms with E-state index >= 15 is 0 Å². The van der Waals surface area contributed by atoms with Crippen molar-refractivity contribution in [3.8, 4) is 0 Å². The first kappa shape index (κ1) is 13.7. The van der Waals surface area contributed by atoms with Crippen LogP contribution in [0.15, 0.2) is 30.3 Å². The van der Waals surface area contributed by atoms with Gasteiger partial charge in [-0.25, -0.2) is 0 Å². The highest BCUT2D eigenvalue weighted by Gasteiger charge is 2.10. The summed E-state index contributed by atoms with van der Waals surface area (Å²) < 4.78 is 10.5. The molecule has 3 nitrogen and oxygen atoms in total. The minimum absolute atomic E-state index is 0.166. The molecular weight excluding hydrogens is 216 g/mol. The molecule has 0 radical (unpaired) electrons. The van der Waals surface area contributed by atoms with E-state index in [1.165, 1.54) is 0 Å². The van der Waals surface area contributed by atoms with Gasteiger partial charge in [-0.2, -0.15) is 0 Å². The molecule has 0 heterocycles. The van der Waals surface area contributed by atoms with Crippen LogP contribution >= 0.6 is 0 Å². The van der Waals surface area contributed by atoms with Crippen LogP contribution in [0.25, 0.3) is 0 Å². The zero-order chi connectivity index (χ0) is 12.5. The van der Waals surface area contributed by atoms with Gasteiger partial charge in [0.15, 0.2) is 0 Å². The fourth-order valence-electron chi connectivity index (χ4n) is 1.51. The second kappa shape index (κ2) is 7.85. The quantitative estimate of drug-likeness (QED) is 0.539. The third kappa shape index (κ3) is 5.50. The van der Waals surface area contributed by atoms with Crippen LogP contribution in [0.4, 0.5) is 0 Å². The van der Waals surface area contributed by atoms with Crippen molar-refractivity contribution in [1.82, 2.24) is 0 Å². The molecule has 0 aliphatic carbocycles. The van der Waals surface area contributed by atoms with Gasteiger partial charge in [0.2, 0.25) is 0 Å². The van der Waals surface area contributed by atoms with E-state index in [9.17, 15) is 4.79 Å². The van der Waals surface area contributed by atoms with Crippen molar-refractivity contribution in [3.63, 3.8) is 0 Å². The van der Waals surface area contributed by atoms with E-state index in [-0.39, 0.29) is 12.1 Å². The molecule has 1 atom stereocenters. The lowest BCUT2D eigenvalue weighted by atomic mass is 10.1. The number of hydrogen-bond donors (Lipinski definition) is 0. The molecule has 0 aliphatic heterocycles. The molecule has 0 aromatic heterocycles. The van der Waals surface area contributed by atoms with Crippen molar-refractivity contribution in [2.45, 2.75) is 32.8 Å². The Bertz CT molecular complexity index is 321. The molecule has 0 spiro atoms. The fourth-order valence-corrected chi connectivity index (χ4v) is 1.51. The van der Waals surface area contributed by atoms with Crippen LogP contribution in [0.1, 0.15) is 38.4 Å². The van der Waals surface area contributed by atoms with Gasteiger partial charge in [-0.3, -0.25) is 4.79 Å². The molecule has 94 valence electrons. The molecule has 0 saturated heterocycles. The Morgan fingerprint density at radius 2 is 2.00 bits per heavy atom. The third-order valence-corrected chi connectivity index (χ3v) is 2.45. The van der Waals surface area contributed by atoms with Crippen LogP contribution in [-0.4, -0.2) is 19.2 Å². The Kier molecular flexibility index (Phi) is 6.33. The van der Waals surface area contributed by atoms with Crippen molar-refractivity contribution in [1.29, 1.82) is 0 Å². The van der Waals surface area contributed by atoms with Gasteiger partial charge in [0, 0.05) is 19.6 Å². The fraction of sp³-hybridized carbons (Fsp3) is 0.500. The van der Waals surface area contributed by atoms with Gasteiger partial charge in [-0.15, -0.1) is 0 Å². The Morgan fingerprint density at radius 1 is 1.29 bits per heavy atom. The molecule has 0 N–H and O–H groups in total. The first-order valence-electron chi connectivity index (χ1n) is 6.06. The minimum atomic E-state index is -0.184. The number of carbonyl (C=O) groups is 1. The summed E-state index contributed by atoms with van der Waals surface area (Å²) in [6.07, 6.45) is 0.946. The maximum absolute atomic E-state index is 11.5. The highest BCUT2D eigenvalue weighted by atomic mass is 16.5. The van der Waals surface area contributed by atoms with Crippen molar-refractivity contribution < 1.29 is 14.3 Å². The first-order valence-corrected chi connectivity index (χ1v) is 6.06. The molecule has 1 aromatic rings. The third-order valence-electron chi connectivity index (χ3n) is 2.45. The van der Waals surface area contributed by atoms with E-state index in [4.69, 9.17) is 9.47 Å². The van der Waals surface area contributed by atoms with E-state index < -0.39 is 0 Å². The number of benzene rings is 1. The number of ether oxygens (including phenoxy) is 2. The summed E-state index contributed by atoms with van der Waals surface area (Å²) in [7, 11) is 0. The summed E-state index contributed by atoms with van der Waals surface area (Å²) in [6, 6.07) is 9.74. The van der Waals surface area contributed by atoms with Gasteiger partial charge >= 0.3 is 5.97 Å². The van der Waals surface area contributed by atoms with Crippen LogP contribution in [0.2, 0.25) is 0 Å². The molecule has 0 saturated carbocycles. The summed E-state index contributed by atoms with van der Waals surface area (Å²) in [5, 5.41) is 0. The molecule has 1 rings (SSSR count). The molecule has 0 aliphatic rings. The average molecular weight is 236 g/mol. The molecule has 1 unspecified atom stereocenters. The summed E-state index contributed by atoms with van der Waals surface area (Å²) in [4.78, 5) is 11.5. The van der Waals surface area contributed by atoms with Crippen LogP contribution in [0.5, 0.6) is 0 Å². The Morgan fingerprint density at radius 3 is 2.65 bits per heavy atom. The predicted molar refractivity (Wildman–Crippen MR) is 66.7 cm³/mol. The first-order chi connectivity index (χ1) is 8.24. The Labute approximate surface area is 103 Å². The number of rotatable bonds is 7. The molecule has 0 amide bonds. The van der Waals surface area contributed by atoms with E-state index in [0.29, 0.717) is 26.1 Å². The van der Waals surface area contributed by atoms with E-state index in [1.807, 2.05) is 44.2 Å². The maximum atomic E-state index is 11.5.